The molecule has 0 fully saturated rings. The van der Waals surface area contributed by atoms with Crippen molar-refractivity contribution in [3.8, 4) is 11.5 Å². The summed E-state index contributed by atoms with van der Waals surface area (Å²) in [6.07, 6.45) is -3.64. The van der Waals surface area contributed by atoms with Crippen molar-refractivity contribution >= 4 is 5.91 Å². The molecule has 1 heterocycles. The number of carbonyl (C=O) groups is 1. The standard InChI is InChI=1S/C13H15F2NO4/c14-12(15)7-16(5-6-17)13(18)11-8-19-9-3-1-2-4-10(9)20-11/h1-4,11-12,17H,5-8H2. The minimum Gasteiger partial charge on any atom is -0.485 e. The predicted octanol–water partition coefficient (Wildman–Crippen LogP) is 0.912. The fourth-order valence-electron chi connectivity index (χ4n) is 1.92. The van der Waals surface area contributed by atoms with Crippen LogP contribution >= 0.6 is 0 Å². The van der Waals surface area contributed by atoms with E-state index in [1.807, 2.05) is 0 Å². The third-order valence-electron chi connectivity index (χ3n) is 2.82. The number of hydrogen-bond donors (Lipinski definition) is 1. The molecule has 0 saturated carbocycles. The van der Waals surface area contributed by atoms with Crippen LogP contribution < -0.4 is 9.47 Å². The summed E-state index contributed by atoms with van der Waals surface area (Å²) in [6, 6.07) is 6.82. The highest BCUT2D eigenvalue weighted by molar-refractivity contribution is 5.82. The lowest BCUT2D eigenvalue weighted by atomic mass is 10.2. The fourth-order valence-corrected chi connectivity index (χ4v) is 1.92. The summed E-state index contributed by atoms with van der Waals surface area (Å²) in [5.74, 6) is 0.297. The Morgan fingerprint density at radius 2 is 2.10 bits per heavy atom. The first kappa shape index (κ1) is 14.5. The zero-order chi connectivity index (χ0) is 14.5. The van der Waals surface area contributed by atoms with Crippen LogP contribution in [0.15, 0.2) is 24.3 Å². The van der Waals surface area contributed by atoms with E-state index < -0.39 is 25.0 Å². The first-order valence-electron chi connectivity index (χ1n) is 6.18. The molecular formula is C13H15F2NO4. The van der Waals surface area contributed by atoms with Crippen molar-refractivity contribution in [3.05, 3.63) is 24.3 Å². The topological polar surface area (TPSA) is 59.0 Å². The van der Waals surface area contributed by atoms with Gasteiger partial charge in [0.2, 0.25) is 6.10 Å². The van der Waals surface area contributed by atoms with Crippen molar-refractivity contribution in [2.24, 2.45) is 0 Å². The van der Waals surface area contributed by atoms with Crippen LogP contribution in [0, 0.1) is 0 Å². The maximum atomic E-state index is 12.4. The zero-order valence-corrected chi connectivity index (χ0v) is 10.7. The average molecular weight is 287 g/mol. The smallest absolute Gasteiger partial charge is 0.267 e. The molecule has 1 unspecified atom stereocenters. The second-order valence-corrected chi connectivity index (χ2v) is 4.26. The van der Waals surface area contributed by atoms with E-state index in [2.05, 4.69) is 0 Å². The molecule has 1 aromatic carbocycles. The Morgan fingerprint density at radius 3 is 2.75 bits per heavy atom. The van der Waals surface area contributed by atoms with E-state index in [1.54, 1.807) is 24.3 Å². The first-order valence-corrected chi connectivity index (χ1v) is 6.18. The lowest BCUT2D eigenvalue weighted by Crippen LogP contribution is -2.48. The Hall–Kier alpha value is -1.89. The minimum atomic E-state index is -2.66. The number of benzene rings is 1. The highest BCUT2D eigenvalue weighted by Gasteiger charge is 2.31. The van der Waals surface area contributed by atoms with Gasteiger partial charge >= 0.3 is 0 Å². The Morgan fingerprint density at radius 1 is 1.40 bits per heavy atom. The van der Waals surface area contributed by atoms with Crippen LogP contribution in [0.5, 0.6) is 11.5 Å². The molecule has 1 atom stereocenters. The van der Waals surface area contributed by atoms with Gasteiger partial charge in [0.15, 0.2) is 11.5 Å². The van der Waals surface area contributed by atoms with Gasteiger partial charge in [0.25, 0.3) is 12.3 Å². The van der Waals surface area contributed by atoms with Gasteiger partial charge in [0.1, 0.15) is 6.61 Å². The third kappa shape index (κ3) is 3.36. The summed E-state index contributed by atoms with van der Waals surface area (Å²) in [4.78, 5) is 13.0. The van der Waals surface area contributed by atoms with Gasteiger partial charge in [-0.05, 0) is 12.1 Å². The zero-order valence-electron chi connectivity index (χ0n) is 10.7. The molecule has 1 aromatic rings. The minimum absolute atomic E-state index is 0.0407. The maximum Gasteiger partial charge on any atom is 0.267 e. The SMILES string of the molecule is O=C(C1COc2ccccc2O1)N(CCO)CC(F)F. The Balaban J connectivity index is 2.05. The Bertz CT molecular complexity index is 469. The maximum absolute atomic E-state index is 12.4. The number of ether oxygens (including phenoxy) is 2. The van der Waals surface area contributed by atoms with Crippen LogP contribution in [0.4, 0.5) is 8.78 Å². The highest BCUT2D eigenvalue weighted by Crippen LogP contribution is 2.31. The van der Waals surface area contributed by atoms with Crippen LogP contribution in [-0.2, 0) is 4.79 Å². The van der Waals surface area contributed by atoms with Crippen molar-refractivity contribution in [2.45, 2.75) is 12.5 Å². The number of halogens is 2. The van der Waals surface area contributed by atoms with Gasteiger partial charge in [0, 0.05) is 6.54 Å². The quantitative estimate of drug-likeness (QED) is 0.874. The lowest BCUT2D eigenvalue weighted by Gasteiger charge is -2.30. The number of aliphatic hydroxyl groups is 1. The summed E-state index contributed by atoms with van der Waals surface area (Å²) in [5, 5.41) is 8.84. The van der Waals surface area contributed by atoms with E-state index in [9.17, 15) is 13.6 Å². The van der Waals surface area contributed by atoms with Gasteiger partial charge in [-0.3, -0.25) is 4.79 Å². The number of carbonyl (C=O) groups excluding carboxylic acids is 1. The number of nitrogens with zero attached hydrogens (tertiary/aromatic N) is 1. The van der Waals surface area contributed by atoms with Crippen LogP contribution in [0.3, 0.4) is 0 Å². The Kier molecular flexibility index (Phi) is 4.73. The first-order chi connectivity index (χ1) is 9.61. The molecule has 0 bridgehead atoms. The molecule has 0 saturated heterocycles. The second kappa shape index (κ2) is 6.51. The predicted molar refractivity (Wildman–Crippen MR) is 66.0 cm³/mol. The van der Waals surface area contributed by atoms with Gasteiger partial charge in [-0.2, -0.15) is 0 Å². The number of amides is 1. The van der Waals surface area contributed by atoms with E-state index in [4.69, 9.17) is 14.6 Å². The largest absolute Gasteiger partial charge is 0.485 e. The van der Waals surface area contributed by atoms with Crippen LogP contribution in [-0.4, -0.2) is 54.7 Å². The van der Waals surface area contributed by atoms with E-state index in [0.29, 0.717) is 11.5 Å². The van der Waals surface area contributed by atoms with E-state index in [0.717, 1.165) is 4.90 Å². The molecular weight excluding hydrogens is 272 g/mol. The van der Waals surface area contributed by atoms with Gasteiger partial charge in [-0.1, -0.05) is 12.1 Å². The molecule has 0 aliphatic carbocycles. The number of hydrogen-bond acceptors (Lipinski definition) is 4. The molecule has 2 rings (SSSR count). The Labute approximate surface area is 114 Å². The summed E-state index contributed by atoms with van der Waals surface area (Å²) >= 11 is 0. The van der Waals surface area contributed by atoms with Crippen molar-refractivity contribution in [3.63, 3.8) is 0 Å². The fraction of sp³-hybridized carbons (Fsp3) is 0.462. The molecule has 1 amide bonds. The third-order valence-corrected chi connectivity index (χ3v) is 2.82. The number of aliphatic hydroxyl groups excluding tert-OH is 1. The molecule has 5 nitrogen and oxygen atoms in total. The highest BCUT2D eigenvalue weighted by atomic mass is 19.3. The van der Waals surface area contributed by atoms with Gasteiger partial charge in [0.05, 0.1) is 13.2 Å². The number of alkyl halides is 2. The van der Waals surface area contributed by atoms with Crippen LogP contribution in [0.25, 0.3) is 0 Å². The van der Waals surface area contributed by atoms with E-state index in [-0.39, 0.29) is 19.8 Å². The van der Waals surface area contributed by atoms with Crippen LogP contribution in [0.2, 0.25) is 0 Å². The number of rotatable bonds is 5. The van der Waals surface area contributed by atoms with Crippen LogP contribution in [0.1, 0.15) is 0 Å². The summed E-state index contributed by atoms with van der Waals surface area (Å²) in [5.41, 5.74) is 0. The van der Waals surface area contributed by atoms with Gasteiger partial charge in [-0.25, -0.2) is 8.78 Å². The molecule has 1 N–H and O–H groups in total. The van der Waals surface area contributed by atoms with Crippen molar-refractivity contribution in [1.29, 1.82) is 0 Å². The summed E-state index contributed by atoms with van der Waals surface area (Å²) in [7, 11) is 0. The average Bonchev–Trinajstić information content (AvgIpc) is 2.45. The van der Waals surface area contributed by atoms with Crippen molar-refractivity contribution in [1.82, 2.24) is 4.90 Å². The monoisotopic (exact) mass is 287 g/mol. The van der Waals surface area contributed by atoms with Crippen molar-refractivity contribution < 1.29 is 28.2 Å². The second-order valence-electron chi connectivity index (χ2n) is 4.26. The van der Waals surface area contributed by atoms with Gasteiger partial charge < -0.3 is 19.5 Å². The molecule has 0 aromatic heterocycles. The molecule has 1 aliphatic heterocycles. The number of para-hydroxylation sites is 2. The van der Waals surface area contributed by atoms with E-state index >= 15 is 0 Å². The number of fused-ring (bicyclic) bond motifs is 1. The molecule has 7 heteroatoms. The molecule has 110 valence electrons. The van der Waals surface area contributed by atoms with E-state index in [1.165, 1.54) is 0 Å². The normalized spacial score (nSPS) is 17.1. The lowest BCUT2D eigenvalue weighted by molar-refractivity contribution is -0.143. The molecule has 0 radical (unpaired) electrons. The molecule has 20 heavy (non-hydrogen) atoms. The van der Waals surface area contributed by atoms with Gasteiger partial charge in [-0.15, -0.1) is 0 Å². The summed E-state index contributed by atoms with van der Waals surface area (Å²) in [6.45, 7) is -1.32. The summed E-state index contributed by atoms with van der Waals surface area (Å²) < 4.78 is 35.7. The van der Waals surface area contributed by atoms with Crippen molar-refractivity contribution in [2.75, 3.05) is 26.3 Å². The molecule has 1 aliphatic rings. The molecule has 0 spiro atoms.